The molecule has 0 spiro atoms. The molecule has 4 bridgehead atoms. The van der Waals surface area contributed by atoms with Crippen molar-refractivity contribution in [1.82, 2.24) is 15.1 Å². The first-order valence-corrected chi connectivity index (χ1v) is 11.2. The van der Waals surface area contributed by atoms with Crippen molar-refractivity contribution in [2.45, 2.75) is 70.9 Å². The molecular formula is C22H33N3O5. The predicted molar refractivity (Wildman–Crippen MR) is 108 cm³/mol. The Labute approximate surface area is 177 Å². The fourth-order valence-corrected chi connectivity index (χ4v) is 6.86. The summed E-state index contributed by atoms with van der Waals surface area (Å²) in [5.41, 5.74) is -0.889. The summed E-state index contributed by atoms with van der Waals surface area (Å²) in [4.78, 5) is 52.8. The Balaban J connectivity index is 1.40. The number of hydrogen-bond acceptors (Lipinski definition) is 5. The van der Waals surface area contributed by atoms with E-state index in [0.29, 0.717) is 44.4 Å². The number of rotatable bonds is 4. The van der Waals surface area contributed by atoms with E-state index < -0.39 is 11.5 Å². The summed E-state index contributed by atoms with van der Waals surface area (Å²) in [6.07, 6.45) is 4.35. The topological polar surface area (TPSA) is 96.0 Å². The number of ether oxygens (including phenoxy) is 1. The molecule has 1 saturated heterocycles. The molecule has 8 nitrogen and oxygen atoms in total. The van der Waals surface area contributed by atoms with Gasteiger partial charge in [0.25, 0.3) is 5.91 Å². The highest BCUT2D eigenvalue weighted by Crippen LogP contribution is 2.62. The van der Waals surface area contributed by atoms with Gasteiger partial charge in [0.2, 0.25) is 11.8 Å². The lowest BCUT2D eigenvalue weighted by Crippen LogP contribution is -2.65. The second-order valence-corrected chi connectivity index (χ2v) is 10.1. The molecule has 0 radical (unpaired) electrons. The smallest absolute Gasteiger partial charge is 0.312 e. The van der Waals surface area contributed by atoms with Crippen LogP contribution in [0.25, 0.3) is 0 Å². The Kier molecular flexibility index (Phi) is 5.31. The van der Waals surface area contributed by atoms with Gasteiger partial charge in [-0.2, -0.15) is 0 Å². The molecule has 4 aliphatic carbocycles. The lowest BCUT2D eigenvalue weighted by atomic mass is 9.47. The molecule has 1 heterocycles. The average Bonchev–Trinajstić information content (AvgIpc) is 2.65. The average molecular weight is 420 g/mol. The predicted octanol–water partition coefficient (Wildman–Crippen LogP) is 1.08. The van der Waals surface area contributed by atoms with Gasteiger partial charge in [-0.05, 0) is 57.3 Å². The van der Waals surface area contributed by atoms with Crippen molar-refractivity contribution in [3.63, 3.8) is 0 Å². The van der Waals surface area contributed by atoms with E-state index in [0.717, 1.165) is 32.1 Å². The maximum atomic E-state index is 13.3. The van der Waals surface area contributed by atoms with Crippen molar-refractivity contribution in [3.8, 4) is 0 Å². The SMILES string of the molecule is CC(=O)NC12CC3CC(C1)CC(C(=O)OC(C)C(=O)N1CCN(C(C)=O)CC1)(C3)C2. The van der Waals surface area contributed by atoms with Crippen molar-refractivity contribution >= 4 is 23.7 Å². The van der Waals surface area contributed by atoms with Crippen LogP contribution in [-0.2, 0) is 23.9 Å². The number of piperazine rings is 1. The fraction of sp³-hybridized carbons (Fsp3) is 0.818. The molecular weight excluding hydrogens is 386 g/mol. The number of carbonyl (C=O) groups is 4. The first-order valence-electron chi connectivity index (χ1n) is 11.2. The molecule has 1 N–H and O–H groups in total. The van der Waals surface area contributed by atoms with Gasteiger partial charge in [0, 0.05) is 45.6 Å². The summed E-state index contributed by atoms with van der Waals surface area (Å²) in [5, 5.41) is 3.15. The minimum Gasteiger partial charge on any atom is -0.452 e. The number of esters is 1. The number of nitrogens with one attached hydrogen (secondary N) is 1. The van der Waals surface area contributed by atoms with Crippen LogP contribution in [0.5, 0.6) is 0 Å². The van der Waals surface area contributed by atoms with E-state index in [1.165, 1.54) is 13.8 Å². The van der Waals surface area contributed by atoms with Crippen LogP contribution in [0, 0.1) is 17.3 Å². The van der Waals surface area contributed by atoms with Gasteiger partial charge in [-0.3, -0.25) is 19.2 Å². The fourth-order valence-electron chi connectivity index (χ4n) is 6.86. The van der Waals surface area contributed by atoms with Gasteiger partial charge < -0.3 is 19.9 Å². The Morgan fingerprint density at radius 2 is 1.50 bits per heavy atom. The molecule has 5 fully saturated rings. The third-order valence-electron chi connectivity index (χ3n) is 7.60. The van der Waals surface area contributed by atoms with Crippen molar-refractivity contribution in [1.29, 1.82) is 0 Å². The van der Waals surface area contributed by atoms with Gasteiger partial charge in [-0.1, -0.05) is 0 Å². The largest absolute Gasteiger partial charge is 0.452 e. The van der Waals surface area contributed by atoms with E-state index in [2.05, 4.69) is 5.32 Å². The summed E-state index contributed by atoms with van der Waals surface area (Å²) < 4.78 is 5.75. The molecule has 8 heteroatoms. The molecule has 0 aromatic carbocycles. The summed E-state index contributed by atoms with van der Waals surface area (Å²) in [5.74, 6) is 0.334. The van der Waals surface area contributed by atoms with Gasteiger partial charge in [0.15, 0.2) is 6.10 Å². The van der Waals surface area contributed by atoms with Gasteiger partial charge >= 0.3 is 5.97 Å². The zero-order chi connectivity index (χ0) is 21.7. The van der Waals surface area contributed by atoms with Crippen LogP contribution < -0.4 is 5.32 Å². The Bertz CT molecular complexity index is 744. The first-order chi connectivity index (χ1) is 14.1. The number of carbonyl (C=O) groups excluding carboxylic acids is 4. The highest BCUT2D eigenvalue weighted by Gasteiger charge is 2.61. The second-order valence-electron chi connectivity index (χ2n) is 10.1. The monoisotopic (exact) mass is 419 g/mol. The highest BCUT2D eigenvalue weighted by molar-refractivity contribution is 5.86. The van der Waals surface area contributed by atoms with Crippen LogP contribution in [0.4, 0.5) is 0 Å². The summed E-state index contributed by atoms with van der Waals surface area (Å²) in [7, 11) is 0. The van der Waals surface area contributed by atoms with E-state index in [9.17, 15) is 19.2 Å². The lowest BCUT2D eigenvalue weighted by Gasteiger charge is -2.60. The zero-order valence-corrected chi connectivity index (χ0v) is 18.2. The quantitative estimate of drug-likeness (QED) is 0.688. The van der Waals surface area contributed by atoms with Crippen LogP contribution in [0.3, 0.4) is 0 Å². The third kappa shape index (κ3) is 3.81. The number of amides is 3. The van der Waals surface area contributed by atoms with Gasteiger partial charge in [0.05, 0.1) is 5.41 Å². The van der Waals surface area contributed by atoms with Gasteiger partial charge in [-0.25, -0.2) is 0 Å². The maximum Gasteiger partial charge on any atom is 0.312 e. The van der Waals surface area contributed by atoms with E-state index in [-0.39, 0.29) is 29.2 Å². The Morgan fingerprint density at radius 3 is 2.03 bits per heavy atom. The first kappa shape index (κ1) is 21.1. The Hall–Kier alpha value is -2.12. The molecule has 5 rings (SSSR count). The van der Waals surface area contributed by atoms with E-state index in [1.54, 1.807) is 16.7 Å². The van der Waals surface area contributed by atoms with E-state index in [1.807, 2.05) is 0 Å². The van der Waals surface area contributed by atoms with E-state index >= 15 is 0 Å². The maximum absolute atomic E-state index is 13.3. The molecule has 3 amide bonds. The molecule has 0 aromatic heterocycles. The molecule has 1 aliphatic heterocycles. The van der Waals surface area contributed by atoms with E-state index in [4.69, 9.17) is 4.74 Å². The number of hydrogen-bond donors (Lipinski definition) is 1. The lowest BCUT2D eigenvalue weighted by molar-refractivity contribution is -0.184. The normalized spacial score (nSPS) is 35.7. The summed E-state index contributed by atoms with van der Waals surface area (Å²) in [6, 6.07) is 0. The van der Waals surface area contributed by atoms with Gasteiger partial charge in [0.1, 0.15) is 0 Å². The summed E-state index contributed by atoms with van der Waals surface area (Å²) in [6.45, 7) is 6.64. The molecule has 166 valence electrons. The van der Waals surface area contributed by atoms with Crippen LogP contribution in [0.1, 0.15) is 59.3 Å². The van der Waals surface area contributed by atoms with Crippen LogP contribution in [-0.4, -0.2) is 71.3 Å². The standard InChI is InChI=1S/C22H33N3O5/c1-14(19(28)25-6-4-24(5-7-25)16(3)27)30-20(29)21-9-17-8-18(10-21)12-22(11-17,13-21)23-15(2)26/h14,17-18H,4-13H2,1-3H3,(H,23,26). The van der Waals surface area contributed by atoms with Crippen LogP contribution in [0.15, 0.2) is 0 Å². The second kappa shape index (κ2) is 7.54. The third-order valence-corrected chi connectivity index (χ3v) is 7.60. The van der Waals surface area contributed by atoms with Crippen LogP contribution >= 0.6 is 0 Å². The summed E-state index contributed by atoms with van der Waals surface area (Å²) >= 11 is 0. The molecule has 30 heavy (non-hydrogen) atoms. The van der Waals surface area contributed by atoms with Crippen molar-refractivity contribution in [2.75, 3.05) is 26.2 Å². The molecule has 5 aliphatic rings. The van der Waals surface area contributed by atoms with Crippen molar-refractivity contribution < 1.29 is 23.9 Å². The minimum absolute atomic E-state index is 0.0106. The molecule has 3 atom stereocenters. The highest BCUT2D eigenvalue weighted by atomic mass is 16.5. The molecule has 0 aromatic rings. The minimum atomic E-state index is -0.842. The zero-order valence-electron chi connectivity index (χ0n) is 18.2. The van der Waals surface area contributed by atoms with Gasteiger partial charge in [-0.15, -0.1) is 0 Å². The Morgan fingerprint density at radius 1 is 0.933 bits per heavy atom. The number of nitrogens with zero attached hydrogens (tertiary/aromatic N) is 2. The van der Waals surface area contributed by atoms with Crippen molar-refractivity contribution in [3.05, 3.63) is 0 Å². The molecule has 4 saturated carbocycles. The van der Waals surface area contributed by atoms with Crippen LogP contribution in [0.2, 0.25) is 0 Å². The van der Waals surface area contributed by atoms with Crippen molar-refractivity contribution in [2.24, 2.45) is 17.3 Å². The molecule has 3 unspecified atom stereocenters.